The van der Waals surface area contributed by atoms with E-state index in [1.165, 1.54) is 10.7 Å². The van der Waals surface area contributed by atoms with E-state index >= 15 is 0 Å². The van der Waals surface area contributed by atoms with Gasteiger partial charge in [0, 0.05) is 5.69 Å². The van der Waals surface area contributed by atoms with Gasteiger partial charge in [-0.1, -0.05) is 11.6 Å². The van der Waals surface area contributed by atoms with Crippen molar-refractivity contribution in [3.8, 4) is 5.69 Å². The molecule has 0 atom stereocenters. The van der Waals surface area contributed by atoms with Gasteiger partial charge in [-0.15, -0.1) is 0 Å². The predicted molar refractivity (Wildman–Crippen MR) is 63.1 cm³/mol. The molecular weight excluding hydrogens is 265 g/mol. The second kappa shape index (κ2) is 4.31. The maximum atomic E-state index is 12.6. The molecule has 1 aromatic heterocycles. The molecule has 1 heterocycles. The number of benzene rings is 1. The highest BCUT2D eigenvalue weighted by molar-refractivity contribution is 6.32. The van der Waals surface area contributed by atoms with Crippen LogP contribution in [0.1, 0.15) is 17.0 Å². The standard InChI is InChI=1S/C12H10ClF3N2/c1-7-5-8(2)18(17-7)11-6-9(12(14,15)16)3-4-10(11)13/h3-6H,1-2H3. The van der Waals surface area contributed by atoms with Crippen molar-refractivity contribution in [3.05, 3.63) is 46.2 Å². The van der Waals surface area contributed by atoms with Crippen LogP contribution in [0.25, 0.3) is 5.69 Å². The summed E-state index contributed by atoms with van der Waals surface area (Å²) in [7, 11) is 0. The molecule has 0 aliphatic rings. The third-order valence-electron chi connectivity index (χ3n) is 2.51. The van der Waals surface area contributed by atoms with Crippen LogP contribution in [-0.2, 0) is 6.18 Å². The fourth-order valence-electron chi connectivity index (χ4n) is 1.72. The lowest BCUT2D eigenvalue weighted by atomic mass is 10.2. The van der Waals surface area contributed by atoms with Crippen LogP contribution in [0.4, 0.5) is 13.2 Å². The quantitative estimate of drug-likeness (QED) is 0.763. The van der Waals surface area contributed by atoms with Gasteiger partial charge in [0.05, 0.1) is 22.0 Å². The van der Waals surface area contributed by atoms with E-state index in [4.69, 9.17) is 11.6 Å². The molecule has 0 aliphatic carbocycles. The lowest BCUT2D eigenvalue weighted by Gasteiger charge is -2.11. The molecule has 2 aromatic rings. The minimum absolute atomic E-state index is 0.231. The lowest BCUT2D eigenvalue weighted by Crippen LogP contribution is -2.07. The zero-order valence-electron chi connectivity index (χ0n) is 9.72. The van der Waals surface area contributed by atoms with Crippen LogP contribution in [0.5, 0.6) is 0 Å². The van der Waals surface area contributed by atoms with E-state index in [0.29, 0.717) is 0 Å². The summed E-state index contributed by atoms with van der Waals surface area (Å²) in [5.74, 6) is 0. The normalized spacial score (nSPS) is 11.9. The molecule has 0 N–H and O–H groups in total. The van der Waals surface area contributed by atoms with Crippen LogP contribution in [0.3, 0.4) is 0 Å². The molecule has 96 valence electrons. The topological polar surface area (TPSA) is 17.8 Å². The van der Waals surface area contributed by atoms with Crippen molar-refractivity contribution in [2.24, 2.45) is 0 Å². The number of alkyl halides is 3. The summed E-state index contributed by atoms with van der Waals surface area (Å²) in [6.45, 7) is 3.53. The van der Waals surface area contributed by atoms with E-state index in [1.807, 2.05) is 0 Å². The van der Waals surface area contributed by atoms with Crippen molar-refractivity contribution in [2.75, 3.05) is 0 Å². The Morgan fingerprint density at radius 1 is 1.17 bits per heavy atom. The Morgan fingerprint density at radius 3 is 2.33 bits per heavy atom. The molecule has 0 aliphatic heterocycles. The highest BCUT2D eigenvalue weighted by Gasteiger charge is 2.31. The van der Waals surface area contributed by atoms with Gasteiger partial charge in [-0.05, 0) is 38.1 Å². The number of hydrogen-bond acceptors (Lipinski definition) is 1. The minimum atomic E-state index is -4.39. The maximum absolute atomic E-state index is 12.6. The zero-order chi connectivity index (χ0) is 13.5. The first-order chi connectivity index (χ1) is 8.29. The van der Waals surface area contributed by atoms with Gasteiger partial charge in [0.1, 0.15) is 0 Å². The molecular formula is C12H10ClF3N2. The summed E-state index contributed by atoms with van der Waals surface area (Å²) in [5, 5.41) is 4.36. The van der Waals surface area contributed by atoms with Crippen LogP contribution >= 0.6 is 11.6 Å². The largest absolute Gasteiger partial charge is 0.416 e. The molecule has 0 spiro atoms. The highest BCUT2D eigenvalue weighted by atomic mass is 35.5. The van der Waals surface area contributed by atoms with E-state index in [1.54, 1.807) is 19.9 Å². The minimum Gasteiger partial charge on any atom is -0.236 e. The molecule has 0 amide bonds. The SMILES string of the molecule is Cc1cc(C)n(-c2cc(C(F)(F)F)ccc2Cl)n1. The molecule has 0 unspecified atom stereocenters. The van der Waals surface area contributed by atoms with E-state index < -0.39 is 11.7 Å². The number of hydrogen-bond donors (Lipinski definition) is 0. The molecule has 6 heteroatoms. The number of aromatic nitrogens is 2. The number of rotatable bonds is 1. The van der Waals surface area contributed by atoms with E-state index in [0.717, 1.165) is 23.5 Å². The van der Waals surface area contributed by atoms with Crippen molar-refractivity contribution >= 4 is 11.6 Å². The van der Waals surface area contributed by atoms with Crippen molar-refractivity contribution in [2.45, 2.75) is 20.0 Å². The Kier molecular flexibility index (Phi) is 3.11. The summed E-state index contributed by atoms with van der Waals surface area (Å²) >= 11 is 5.93. The van der Waals surface area contributed by atoms with Gasteiger partial charge < -0.3 is 0 Å². The van der Waals surface area contributed by atoms with Gasteiger partial charge in [-0.3, -0.25) is 0 Å². The van der Waals surface area contributed by atoms with Gasteiger partial charge in [0.25, 0.3) is 0 Å². The van der Waals surface area contributed by atoms with E-state index in [2.05, 4.69) is 5.10 Å². The first kappa shape index (κ1) is 13.0. The maximum Gasteiger partial charge on any atom is 0.416 e. The molecule has 1 aromatic carbocycles. The molecule has 2 rings (SSSR count). The highest BCUT2D eigenvalue weighted by Crippen LogP contribution is 2.33. The Bertz CT molecular complexity index is 587. The fraction of sp³-hybridized carbons (Fsp3) is 0.250. The van der Waals surface area contributed by atoms with Gasteiger partial charge in [-0.25, -0.2) is 4.68 Å². The molecule has 0 saturated heterocycles. The van der Waals surface area contributed by atoms with Gasteiger partial charge in [0.15, 0.2) is 0 Å². The first-order valence-corrected chi connectivity index (χ1v) is 5.57. The summed E-state index contributed by atoms with van der Waals surface area (Å²) in [5.41, 5.74) is 0.946. The Balaban J connectivity index is 2.60. The van der Waals surface area contributed by atoms with Crippen molar-refractivity contribution in [1.82, 2.24) is 9.78 Å². The molecule has 0 fully saturated rings. The van der Waals surface area contributed by atoms with Crippen molar-refractivity contribution < 1.29 is 13.2 Å². The Labute approximate surface area is 107 Å². The predicted octanol–water partition coefficient (Wildman–Crippen LogP) is 4.16. The number of halogens is 4. The van der Waals surface area contributed by atoms with Crippen LogP contribution in [0.2, 0.25) is 5.02 Å². The van der Waals surface area contributed by atoms with E-state index in [9.17, 15) is 13.2 Å². The summed E-state index contributed by atoms with van der Waals surface area (Å²) in [4.78, 5) is 0. The molecule has 2 nitrogen and oxygen atoms in total. The molecule has 0 bridgehead atoms. The summed E-state index contributed by atoms with van der Waals surface area (Å²) in [6, 6.07) is 4.96. The van der Waals surface area contributed by atoms with Crippen molar-refractivity contribution in [1.29, 1.82) is 0 Å². The van der Waals surface area contributed by atoms with Gasteiger partial charge in [0.2, 0.25) is 0 Å². The second-order valence-corrected chi connectivity index (χ2v) is 4.41. The Hall–Kier alpha value is -1.49. The van der Waals surface area contributed by atoms with Gasteiger partial charge >= 0.3 is 6.18 Å². The van der Waals surface area contributed by atoms with Crippen LogP contribution in [-0.4, -0.2) is 9.78 Å². The average Bonchev–Trinajstić information content (AvgIpc) is 2.56. The fourth-order valence-corrected chi connectivity index (χ4v) is 1.92. The van der Waals surface area contributed by atoms with Crippen LogP contribution < -0.4 is 0 Å². The average molecular weight is 275 g/mol. The monoisotopic (exact) mass is 274 g/mol. The zero-order valence-corrected chi connectivity index (χ0v) is 10.5. The smallest absolute Gasteiger partial charge is 0.236 e. The number of nitrogens with zero attached hydrogens (tertiary/aromatic N) is 2. The lowest BCUT2D eigenvalue weighted by molar-refractivity contribution is -0.137. The first-order valence-electron chi connectivity index (χ1n) is 5.19. The summed E-state index contributed by atoms with van der Waals surface area (Å²) < 4.78 is 39.4. The van der Waals surface area contributed by atoms with Crippen molar-refractivity contribution in [3.63, 3.8) is 0 Å². The third-order valence-corrected chi connectivity index (χ3v) is 2.83. The van der Waals surface area contributed by atoms with Gasteiger partial charge in [-0.2, -0.15) is 18.3 Å². The second-order valence-electron chi connectivity index (χ2n) is 4.00. The number of aryl methyl sites for hydroxylation is 2. The van der Waals surface area contributed by atoms with Crippen LogP contribution in [0.15, 0.2) is 24.3 Å². The molecule has 0 radical (unpaired) electrons. The Morgan fingerprint density at radius 2 is 1.83 bits per heavy atom. The van der Waals surface area contributed by atoms with E-state index in [-0.39, 0.29) is 10.7 Å². The summed E-state index contributed by atoms with van der Waals surface area (Å²) in [6.07, 6.45) is -4.39. The molecule has 18 heavy (non-hydrogen) atoms. The van der Waals surface area contributed by atoms with Crippen LogP contribution in [0, 0.1) is 13.8 Å². The molecule has 0 saturated carbocycles. The third kappa shape index (κ3) is 2.36.